The van der Waals surface area contributed by atoms with Gasteiger partial charge in [0.25, 0.3) is 0 Å². The maximum absolute atomic E-state index is 10.3. The standard InChI is InChI=1S/C11H14N2O2/c1-11(2,3)8-6-7-12-9(13-8)4-5-10(14)15/h4-7H,1-3H3,(H,14,15)/b5-4+. The van der Waals surface area contributed by atoms with Crippen LogP contribution in [0, 0.1) is 0 Å². The predicted octanol–water partition coefficient (Wildman–Crippen LogP) is 1.87. The Balaban J connectivity index is 2.98. The summed E-state index contributed by atoms with van der Waals surface area (Å²) in [4.78, 5) is 18.5. The molecule has 0 aliphatic rings. The van der Waals surface area contributed by atoms with E-state index in [0.29, 0.717) is 5.82 Å². The summed E-state index contributed by atoms with van der Waals surface area (Å²) in [5, 5.41) is 8.46. The van der Waals surface area contributed by atoms with Gasteiger partial charge in [-0.25, -0.2) is 14.8 Å². The molecule has 0 fully saturated rings. The molecule has 0 aliphatic carbocycles. The number of carboxylic acids is 1. The summed E-state index contributed by atoms with van der Waals surface area (Å²) in [6.45, 7) is 6.13. The molecule has 4 nitrogen and oxygen atoms in total. The normalized spacial score (nSPS) is 11.9. The highest BCUT2D eigenvalue weighted by molar-refractivity contribution is 5.84. The van der Waals surface area contributed by atoms with Crippen molar-refractivity contribution < 1.29 is 9.90 Å². The van der Waals surface area contributed by atoms with E-state index in [9.17, 15) is 4.79 Å². The largest absolute Gasteiger partial charge is 0.478 e. The molecule has 1 aromatic rings. The lowest BCUT2D eigenvalue weighted by Gasteiger charge is -2.17. The first kappa shape index (κ1) is 11.4. The van der Waals surface area contributed by atoms with Crippen molar-refractivity contribution in [1.82, 2.24) is 9.97 Å². The molecule has 0 aliphatic heterocycles. The monoisotopic (exact) mass is 206 g/mol. The van der Waals surface area contributed by atoms with Crippen molar-refractivity contribution >= 4 is 12.0 Å². The van der Waals surface area contributed by atoms with Crippen molar-refractivity contribution in [3.8, 4) is 0 Å². The summed E-state index contributed by atoms with van der Waals surface area (Å²) >= 11 is 0. The van der Waals surface area contributed by atoms with Crippen LogP contribution in [0.5, 0.6) is 0 Å². The lowest BCUT2D eigenvalue weighted by molar-refractivity contribution is -0.131. The minimum absolute atomic E-state index is 0.0608. The first-order chi connectivity index (χ1) is 6.89. The fraction of sp³-hybridized carbons (Fsp3) is 0.364. The average Bonchev–Trinajstić information content (AvgIpc) is 2.14. The number of aromatic nitrogens is 2. The van der Waals surface area contributed by atoms with Crippen molar-refractivity contribution in [3.63, 3.8) is 0 Å². The van der Waals surface area contributed by atoms with Crippen molar-refractivity contribution in [3.05, 3.63) is 29.9 Å². The number of carboxylic acid groups (broad SMARTS) is 1. The fourth-order valence-electron chi connectivity index (χ4n) is 1.02. The zero-order valence-electron chi connectivity index (χ0n) is 9.06. The third-order valence-electron chi connectivity index (χ3n) is 1.82. The number of aliphatic carboxylic acids is 1. The summed E-state index contributed by atoms with van der Waals surface area (Å²) in [5.74, 6) is -0.579. The first-order valence-electron chi connectivity index (χ1n) is 4.64. The summed E-state index contributed by atoms with van der Waals surface area (Å²) in [6.07, 6.45) is 4.05. The van der Waals surface area contributed by atoms with Crippen LogP contribution in [0.1, 0.15) is 32.3 Å². The second-order valence-electron chi connectivity index (χ2n) is 4.22. The molecule has 1 N–H and O–H groups in total. The molecule has 0 bridgehead atoms. The molecule has 1 rings (SSSR count). The van der Waals surface area contributed by atoms with Gasteiger partial charge in [0.2, 0.25) is 0 Å². The van der Waals surface area contributed by atoms with E-state index in [1.54, 1.807) is 6.20 Å². The third-order valence-corrected chi connectivity index (χ3v) is 1.82. The highest BCUT2D eigenvalue weighted by atomic mass is 16.4. The highest BCUT2D eigenvalue weighted by Crippen LogP contribution is 2.19. The maximum Gasteiger partial charge on any atom is 0.328 e. The van der Waals surface area contributed by atoms with E-state index in [0.717, 1.165) is 11.8 Å². The van der Waals surface area contributed by atoms with Crippen molar-refractivity contribution in [1.29, 1.82) is 0 Å². The van der Waals surface area contributed by atoms with Gasteiger partial charge < -0.3 is 5.11 Å². The van der Waals surface area contributed by atoms with Gasteiger partial charge in [0.15, 0.2) is 5.82 Å². The Morgan fingerprint density at radius 2 is 2.13 bits per heavy atom. The third kappa shape index (κ3) is 3.50. The molecule has 0 radical (unpaired) electrons. The Morgan fingerprint density at radius 1 is 1.47 bits per heavy atom. The number of carbonyl (C=O) groups is 1. The van der Waals surface area contributed by atoms with Gasteiger partial charge in [-0.05, 0) is 12.1 Å². The molecule has 80 valence electrons. The van der Waals surface area contributed by atoms with Gasteiger partial charge in [0.1, 0.15) is 0 Å². The molecule has 4 heteroatoms. The maximum atomic E-state index is 10.3. The summed E-state index contributed by atoms with van der Waals surface area (Å²) in [6, 6.07) is 1.83. The Hall–Kier alpha value is -1.71. The van der Waals surface area contributed by atoms with Crippen LogP contribution >= 0.6 is 0 Å². The zero-order chi connectivity index (χ0) is 11.5. The Morgan fingerprint density at radius 3 is 2.67 bits per heavy atom. The SMILES string of the molecule is CC(C)(C)c1ccnc(/C=C/C(=O)O)n1. The Labute approximate surface area is 88.7 Å². The second kappa shape index (κ2) is 4.21. The number of nitrogens with zero attached hydrogens (tertiary/aromatic N) is 2. The van der Waals surface area contributed by atoms with Crippen LogP contribution in [0.3, 0.4) is 0 Å². The Kier molecular flexibility index (Phi) is 3.19. The topological polar surface area (TPSA) is 63.1 Å². The zero-order valence-corrected chi connectivity index (χ0v) is 9.06. The van der Waals surface area contributed by atoms with Gasteiger partial charge in [0.05, 0.1) is 0 Å². The molecule has 0 atom stereocenters. The quantitative estimate of drug-likeness (QED) is 0.750. The highest BCUT2D eigenvalue weighted by Gasteiger charge is 2.15. The molecule has 15 heavy (non-hydrogen) atoms. The molecule has 0 aromatic carbocycles. The van der Waals surface area contributed by atoms with E-state index in [-0.39, 0.29) is 5.41 Å². The molecular weight excluding hydrogens is 192 g/mol. The van der Waals surface area contributed by atoms with Crippen LogP contribution in [-0.4, -0.2) is 21.0 Å². The lowest BCUT2D eigenvalue weighted by Crippen LogP contribution is -2.14. The van der Waals surface area contributed by atoms with Crippen LogP contribution in [0.15, 0.2) is 18.3 Å². The van der Waals surface area contributed by atoms with E-state index >= 15 is 0 Å². The number of hydrogen-bond donors (Lipinski definition) is 1. The smallest absolute Gasteiger partial charge is 0.328 e. The predicted molar refractivity (Wildman–Crippen MR) is 57.4 cm³/mol. The summed E-state index contributed by atoms with van der Waals surface area (Å²) in [5.41, 5.74) is 0.830. The summed E-state index contributed by atoms with van der Waals surface area (Å²) in [7, 11) is 0. The van der Waals surface area contributed by atoms with Gasteiger partial charge in [-0.15, -0.1) is 0 Å². The molecule has 1 heterocycles. The van der Waals surface area contributed by atoms with Gasteiger partial charge in [-0.1, -0.05) is 20.8 Å². The van der Waals surface area contributed by atoms with Crippen LogP contribution in [0.2, 0.25) is 0 Å². The second-order valence-corrected chi connectivity index (χ2v) is 4.22. The van der Waals surface area contributed by atoms with Crippen LogP contribution in [0.4, 0.5) is 0 Å². The molecule has 0 saturated carbocycles. The van der Waals surface area contributed by atoms with Crippen molar-refractivity contribution in [2.75, 3.05) is 0 Å². The van der Waals surface area contributed by atoms with Crippen molar-refractivity contribution in [2.24, 2.45) is 0 Å². The molecule has 1 aromatic heterocycles. The van der Waals surface area contributed by atoms with Crippen molar-refractivity contribution in [2.45, 2.75) is 26.2 Å². The van der Waals surface area contributed by atoms with Gasteiger partial charge >= 0.3 is 5.97 Å². The molecule has 0 amide bonds. The fourth-order valence-corrected chi connectivity index (χ4v) is 1.02. The number of rotatable bonds is 2. The van der Waals surface area contributed by atoms with E-state index < -0.39 is 5.97 Å². The van der Waals surface area contributed by atoms with Gasteiger partial charge in [-0.3, -0.25) is 0 Å². The minimum Gasteiger partial charge on any atom is -0.478 e. The Bertz CT molecular complexity index is 392. The molecule has 0 unspecified atom stereocenters. The molecule has 0 spiro atoms. The van der Waals surface area contributed by atoms with E-state index in [2.05, 4.69) is 9.97 Å². The molecule has 0 saturated heterocycles. The lowest BCUT2D eigenvalue weighted by atomic mass is 9.92. The van der Waals surface area contributed by atoms with Crippen LogP contribution < -0.4 is 0 Å². The number of hydrogen-bond acceptors (Lipinski definition) is 3. The van der Waals surface area contributed by atoms with Crippen LogP contribution in [0.25, 0.3) is 6.08 Å². The van der Waals surface area contributed by atoms with E-state index in [1.807, 2.05) is 26.8 Å². The van der Waals surface area contributed by atoms with E-state index in [1.165, 1.54) is 6.08 Å². The average molecular weight is 206 g/mol. The summed E-state index contributed by atoms with van der Waals surface area (Å²) < 4.78 is 0. The van der Waals surface area contributed by atoms with Gasteiger partial charge in [0, 0.05) is 23.4 Å². The van der Waals surface area contributed by atoms with Crippen LogP contribution in [-0.2, 0) is 10.2 Å². The minimum atomic E-state index is -1.00. The molecular formula is C11H14N2O2. The first-order valence-corrected chi connectivity index (χ1v) is 4.64. The van der Waals surface area contributed by atoms with E-state index in [4.69, 9.17) is 5.11 Å². The van der Waals surface area contributed by atoms with Gasteiger partial charge in [-0.2, -0.15) is 0 Å².